The third-order valence-corrected chi connectivity index (χ3v) is 4.64. The second-order valence-corrected chi connectivity index (χ2v) is 6.61. The van der Waals surface area contributed by atoms with Gasteiger partial charge in [0.15, 0.2) is 0 Å². The van der Waals surface area contributed by atoms with E-state index in [0.29, 0.717) is 25.1 Å². The molecular formula is C19H28N2O3. The van der Waals surface area contributed by atoms with E-state index in [-0.39, 0.29) is 12.5 Å². The number of aliphatic hydroxyl groups is 1. The highest BCUT2D eigenvalue weighted by Crippen LogP contribution is 2.33. The summed E-state index contributed by atoms with van der Waals surface area (Å²) >= 11 is 0. The molecule has 1 aromatic heterocycles. The van der Waals surface area contributed by atoms with Gasteiger partial charge in [-0.05, 0) is 61.9 Å². The molecule has 0 bridgehead atoms. The predicted molar refractivity (Wildman–Crippen MR) is 96.8 cm³/mol. The zero-order valence-corrected chi connectivity index (χ0v) is 14.8. The molecule has 0 unspecified atom stereocenters. The van der Waals surface area contributed by atoms with E-state index in [9.17, 15) is 15.0 Å². The molecule has 1 heterocycles. The molecule has 0 spiro atoms. The Labute approximate surface area is 143 Å². The summed E-state index contributed by atoms with van der Waals surface area (Å²) in [6.07, 6.45) is 2.31. The van der Waals surface area contributed by atoms with E-state index in [4.69, 9.17) is 5.73 Å². The predicted octanol–water partition coefficient (Wildman–Crippen LogP) is 3.05. The third-order valence-electron chi connectivity index (χ3n) is 4.64. The lowest BCUT2D eigenvalue weighted by molar-refractivity contribution is 0.0698. The second kappa shape index (κ2) is 7.81. The van der Waals surface area contributed by atoms with Crippen LogP contribution in [0.3, 0.4) is 0 Å². The van der Waals surface area contributed by atoms with Gasteiger partial charge in [-0.1, -0.05) is 13.8 Å². The summed E-state index contributed by atoms with van der Waals surface area (Å²) < 4.78 is 2.05. The largest absolute Gasteiger partial charge is 0.478 e. The van der Waals surface area contributed by atoms with Crippen molar-refractivity contribution in [2.75, 3.05) is 13.2 Å². The van der Waals surface area contributed by atoms with Crippen LogP contribution in [0.25, 0.3) is 10.9 Å². The van der Waals surface area contributed by atoms with E-state index in [1.165, 1.54) is 5.56 Å². The van der Waals surface area contributed by atoms with Gasteiger partial charge >= 0.3 is 5.97 Å². The fraction of sp³-hybridized carbons (Fsp3) is 0.526. The fourth-order valence-corrected chi connectivity index (χ4v) is 3.30. The number of aryl methyl sites for hydroxylation is 2. The summed E-state index contributed by atoms with van der Waals surface area (Å²) in [5, 5.41) is 19.9. The SMILES string of the molecule is Cc1c(CCCN)c2cc(C(C)C)cc(C(=O)O)c2n1CCCO. The van der Waals surface area contributed by atoms with Crippen molar-refractivity contribution in [3.8, 4) is 0 Å². The molecule has 4 N–H and O–H groups in total. The topological polar surface area (TPSA) is 88.5 Å². The quantitative estimate of drug-likeness (QED) is 0.693. The summed E-state index contributed by atoms with van der Waals surface area (Å²) in [6.45, 7) is 7.48. The maximum Gasteiger partial charge on any atom is 0.337 e. The normalized spacial score (nSPS) is 11.6. The van der Waals surface area contributed by atoms with E-state index in [1.54, 1.807) is 6.07 Å². The number of aliphatic hydroxyl groups excluding tert-OH is 1. The van der Waals surface area contributed by atoms with Gasteiger partial charge in [0, 0.05) is 24.2 Å². The molecule has 0 saturated carbocycles. The minimum Gasteiger partial charge on any atom is -0.478 e. The Morgan fingerprint density at radius 1 is 1.29 bits per heavy atom. The number of benzene rings is 1. The van der Waals surface area contributed by atoms with Gasteiger partial charge in [0.2, 0.25) is 0 Å². The van der Waals surface area contributed by atoms with E-state index < -0.39 is 5.97 Å². The number of carboxylic acids is 1. The highest BCUT2D eigenvalue weighted by atomic mass is 16.4. The molecule has 0 fully saturated rings. The summed E-state index contributed by atoms with van der Waals surface area (Å²) in [5.41, 5.74) is 10.1. The Morgan fingerprint density at radius 2 is 2.00 bits per heavy atom. The van der Waals surface area contributed by atoms with Crippen molar-refractivity contribution in [3.63, 3.8) is 0 Å². The number of rotatable bonds is 8. The zero-order chi connectivity index (χ0) is 17.9. The molecule has 0 amide bonds. The van der Waals surface area contributed by atoms with Crippen molar-refractivity contribution in [2.45, 2.75) is 52.5 Å². The van der Waals surface area contributed by atoms with Crippen LogP contribution in [0.1, 0.15) is 59.8 Å². The monoisotopic (exact) mass is 332 g/mol. The fourth-order valence-electron chi connectivity index (χ4n) is 3.30. The molecule has 0 saturated heterocycles. The van der Waals surface area contributed by atoms with E-state index in [1.807, 2.05) is 11.5 Å². The maximum atomic E-state index is 11.9. The number of nitrogens with zero attached hydrogens (tertiary/aromatic N) is 1. The van der Waals surface area contributed by atoms with Gasteiger partial charge in [-0.25, -0.2) is 4.79 Å². The van der Waals surface area contributed by atoms with Crippen LogP contribution in [0.4, 0.5) is 0 Å². The number of carboxylic acid groups (broad SMARTS) is 1. The number of aromatic nitrogens is 1. The summed E-state index contributed by atoms with van der Waals surface area (Å²) in [5.74, 6) is -0.647. The van der Waals surface area contributed by atoms with Crippen molar-refractivity contribution in [2.24, 2.45) is 5.73 Å². The molecule has 0 aliphatic rings. The van der Waals surface area contributed by atoms with E-state index in [2.05, 4.69) is 19.9 Å². The van der Waals surface area contributed by atoms with E-state index >= 15 is 0 Å². The maximum absolute atomic E-state index is 11.9. The lowest BCUT2D eigenvalue weighted by atomic mass is 9.95. The highest BCUT2D eigenvalue weighted by molar-refractivity contribution is 6.04. The van der Waals surface area contributed by atoms with Crippen LogP contribution >= 0.6 is 0 Å². The highest BCUT2D eigenvalue weighted by Gasteiger charge is 2.21. The second-order valence-electron chi connectivity index (χ2n) is 6.61. The lowest BCUT2D eigenvalue weighted by Gasteiger charge is -2.12. The van der Waals surface area contributed by atoms with Crippen molar-refractivity contribution in [1.82, 2.24) is 4.57 Å². The van der Waals surface area contributed by atoms with Crippen LogP contribution in [0, 0.1) is 6.92 Å². The van der Waals surface area contributed by atoms with Gasteiger partial charge in [-0.2, -0.15) is 0 Å². The summed E-state index contributed by atoms with van der Waals surface area (Å²) in [7, 11) is 0. The molecule has 0 aliphatic heterocycles. The van der Waals surface area contributed by atoms with Crippen molar-refractivity contribution >= 4 is 16.9 Å². The Bertz CT molecular complexity index is 732. The van der Waals surface area contributed by atoms with Crippen LogP contribution in [0.2, 0.25) is 0 Å². The van der Waals surface area contributed by atoms with Gasteiger partial charge in [0.25, 0.3) is 0 Å². The number of hydrogen-bond acceptors (Lipinski definition) is 3. The Kier molecular flexibility index (Phi) is 6.02. The van der Waals surface area contributed by atoms with Crippen LogP contribution in [-0.4, -0.2) is 33.9 Å². The Hall–Kier alpha value is -1.85. The van der Waals surface area contributed by atoms with Crippen LogP contribution in [-0.2, 0) is 13.0 Å². The first kappa shape index (κ1) is 18.5. The minimum atomic E-state index is -0.907. The summed E-state index contributed by atoms with van der Waals surface area (Å²) in [4.78, 5) is 11.9. The number of hydrogen-bond donors (Lipinski definition) is 3. The van der Waals surface area contributed by atoms with Crippen molar-refractivity contribution in [3.05, 3.63) is 34.5 Å². The van der Waals surface area contributed by atoms with E-state index in [0.717, 1.165) is 35.0 Å². The van der Waals surface area contributed by atoms with Crippen molar-refractivity contribution < 1.29 is 15.0 Å². The number of fused-ring (bicyclic) bond motifs is 1. The van der Waals surface area contributed by atoms with Crippen LogP contribution in [0.15, 0.2) is 12.1 Å². The average molecular weight is 332 g/mol. The molecule has 5 heteroatoms. The third kappa shape index (κ3) is 3.47. The van der Waals surface area contributed by atoms with Crippen LogP contribution < -0.4 is 5.73 Å². The smallest absolute Gasteiger partial charge is 0.337 e. The Morgan fingerprint density at radius 3 is 2.54 bits per heavy atom. The van der Waals surface area contributed by atoms with Gasteiger partial charge < -0.3 is 20.5 Å². The molecule has 24 heavy (non-hydrogen) atoms. The number of aromatic carboxylic acids is 1. The minimum absolute atomic E-state index is 0.0870. The first-order valence-electron chi connectivity index (χ1n) is 8.62. The summed E-state index contributed by atoms with van der Waals surface area (Å²) in [6, 6.07) is 3.91. The average Bonchev–Trinajstić information content (AvgIpc) is 2.81. The van der Waals surface area contributed by atoms with Gasteiger partial charge in [0.1, 0.15) is 0 Å². The zero-order valence-electron chi connectivity index (χ0n) is 14.8. The first-order valence-corrected chi connectivity index (χ1v) is 8.62. The molecule has 2 aromatic rings. The Balaban J connectivity index is 2.79. The standard InChI is InChI=1S/C19H28N2O3/c1-12(2)14-10-16-15(6-4-7-20)13(3)21(8-5-9-22)18(16)17(11-14)19(23)24/h10-12,22H,4-9,20H2,1-3H3,(H,23,24). The van der Waals surface area contributed by atoms with Gasteiger partial charge in [-0.3, -0.25) is 0 Å². The van der Waals surface area contributed by atoms with Crippen molar-refractivity contribution in [1.29, 1.82) is 0 Å². The molecule has 0 radical (unpaired) electrons. The first-order chi connectivity index (χ1) is 11.4. The van der Waals surface area contributed by atoms with Crippen LogP contribution in [0.5, 0.6) is 0 Å². The molecular weight excluding hydrogens is 304 g/mol. The molecule has 132 valence electrons. The lowest BCUT2D eigenvalue weighted by Crippen LogP contribution is -2.07. The molecule has 0 aliphatic carbocycles. The molecule has 1 aromatic carbocycles. The number of nitrogens with two attached hydrogens (primary N) is 1. The van der Waals surface area contributed by atoms with Gasteiger partial charge in [-0.15, -0.1) is 0 Å². The molecule has 0 atom stereocenters. The van der Waals surface area contributed by atoms with Gasteiger partial charge in [0.05, 0.1) is 11.1 Å². The molecule has 2 rings (SSSR count). The molecule has 5 nitrogen and oxygen atoms in total. The number of carbonyl (C=O) groups is 1.